The van der Waals surface area contributed by atoms with Crippen molar-refractivity contribution in [3.63, 3.8) is 0 Å². The van der Waals surface area contributed by atoms with Crippen LogP contribution in [0, 0.1) is 0 Å². The van der Waals surface area contributed by atoms with Crippen molar-refractivity contribution >= 4 is 16.7 Å². The molecule has 0 fully saturated rings. The van der Waals surface area contributed by atoms with Gasteiger partial charge in [0.1, 0.15) is 5.75 Å². The van der Waals surface area contributed by atoms with Gasteiger partial charge in [-0.05, 0) is 41.5 Å². The van der Waals surface area contributed by atoms with Crippen LogP contribution in [-0.4, -0.2) is 31.0 Å². The molecule has 1 amide bonds. The summed E-state index contributed by atoms with van der Waals surface area (Å²) >= 11 is 0. The molecule has 0 spiro atoms. The highest BCUT2D eigenvalue weighted by atomic mass is 16.5. The SMILES string of the molecule is COc1ccc2cc(CN(C)C(=O)CC(C)N)ccc2c1. The summed E-state index contributed by atoms with van der Waals surface area (Å²) in [6.45, 7) is 2.43. The van der Waals surface area contributed by atoms with Gasteiger partial charge in [0.15, 0.2) is 0 Å². The van der Waals surface area contributed by atoms with E-state index in [2.05, 4.69) is 12.1 Å². The summed E-state index contributed by atoms with van der Waals surface area (Å²) in [6, 6.07) is 12.1. The minimum absolute atomic E-state index is 0.0693. The molecule has 21 heavy (non-hydrogen) atoms. The second kappa shape index (κ2) is 6.59. The van der Waals surface area contributed by atoms with E-state index in [1.54, 1.807) is 12.0 Å². The van der Waals surface area contributed by atoms with E-state index >= 15 is 0 Å². The molecule has 2 aromatic rings. The van der Waals surface area contributed by atoms with Crippen molar-refractivity contribution in [1.29, 1.82) is 0 Å². The molecule has 1 unspecified atom stereocenters. The van der Waals surface area contributed by atoms with Crippen LogP contribution in [-0.2, 0) is 11.3 Å². The molecule has 1 atom stereocenters. The number of nitrogens with zero attached hydrogens (tertiary/aromatic N) is 1. The smallest absolute Gasteiger partial charge is 0.224 e. The van der Waals surface area contributed by atoms with Crippen molar-refractivity contribution < 1.29 is 9.53 Å². The lowest BCUT2D eigenvalue weighted by molar-refractivity contribution is -0.130. The molecule has 0 bridgehead atoms. The van der Waals surface area contributed by atoms with E-state index in [-0.39, 0.29) is 11.9 Å². The number of rotatable bonds is 5. The molecule has 0 saturated carbocycles. The van der Waals surface area contributed by atoms with Crippen molar-refractivity contribution in [3.05, 3.63) is 42.0 Å². The monoisotopic (exact) mass is 286 g/mol. The fraction of sp³-hybridized carbons (Fsp3) is 0.353. The Kier molecular flexibility index (Phi) is 4.81. The average Bonchev–Trinajstić information content (AvgIpc) is 2.45. The van der Waals surface area contributed by atoms with Gasteiger partial charge in [0, 0.05) is 26.1 Å². The third-order valence-electron chi connectivity index (χ3n) is 3.45. The van der Waals surface area contributed by atoms with E-state index in [0.29, 0.717) is 13.0 Å². The first-order chi connectivity index (χ1) is 9.99. The zero-order chi connectivity index (χ0) is 15.4. The number of amides is 1. The molecule has 0 saturated heterocycles. The number of benzene rings is 2. The molecule has 4 nitrogen and oxygen atoms in total. The topological polar surface area (TPSA) is 55.6 Å². The number of carbonyl (C=O) groups is 1. The Morgan fingerprint density at radius 2 is 1.90 bits per heavy atom. The van der Waals surface area contributed by atoms with Gasteiger partial charge < -0.3 is 15.4 Å². The Hall–Kier alpha value is -2.07. The van der Waals surface area contributed by atoms with Crippen LogP contribution < -0.4 is 10.5 Å². The number of methoxy groups -OCH3 is 1. The number of ether oxygens (including phenoxy) is 1. The van der Waals surface area contributed by atoms with Crippen LogP contribution in [0.2, 0.25) is 0 Å². The van der Waals surface area contributed by atoms with E-state index in [9.17, 15) is 4.79 Å². The van der Waals surface area contributed by atoms with Crippen molar-refractivity contribution in [2.24, 2.45) is 5.73 Å². The van der Waals surface area contributed by atoms with E-state index in [0.717, 1.165) is 22.1 Å². The Morgan fingerprint density at radius 1 is 1.24 bits per heavy atom. The Bertz CT molecular complexity index is 638. The molecule has 112 valence electrons. The molecule has 2 N–H and O–H groups in total. The van der Waals surface area contributed by atoms with Gasteiger partial charge in [-0.25, -0.2) is 0 Å². The van der Waals surface area contributed by atoms with Gasteiger partial charge in [-0.15, -0.1) is 0 Å². The van der Waals surface area contributed by atoms with Crippen molar-refractivity contribution in [1.82, 2.24) is 4.90 Å². The molecular weight excluding hydrogens is 264 g/mol. The fourth-order valence-corrected chi connectivity index (χ4v) is 2.29. The molecule has 2 aromatic carbocycles. The van der Waals surface area contributed by atoms with Crippen LogP contribution in [0.1, 0.15) is 18.9 Å². The lowest BCUT2D eigenvalue weighted by Gasteiger charge is -2.18. The fourth-order valence-electron chi connectivity index (χ4n) is 2.29. The van der Waals surface area contributed by atoms with Gasteiger partial charge in [-0.2, -0.15) is 0 Å². The first-order valence-electron chi connectivity index (χ1n) is 7.06. The molecule has 0 aromatic heterocycles. The Labute approximate surface area is 125 Å². The highest BCUT2D eigenvalue weighted by Crippen LogP contribution is 2.22. The second-order valence-electron chi connectivity index (χ2n) is 5.48. The summed E-state index contributed by atoms with van der Waals surface area (Å²) < 4.78 is 5.22. The zero-order valence-electron chi connectivity index (χ0n) is 12.8. The number of carbonyl (C=O) groups excluding carboxylic acids is 1. The molecule has 2 rings (SSSR count). The molecule has 0 aliphatic heterocycles. The van der Waals surface area contributed by atoms with Crippen LogP contribution in [0.15, 0.2) is 36.4 Å². The van der Waals surface area contributed by atoms with Crippen LogP contribution in [0.5, 0.6) is 5.75 Å². The summed E-state index contributed by atoms with van der Waals surface area (Å²) in [6.07, 6.45) is 0.376. The molecule has 0 radical (unpaired) electrons. The van der Waals surface area contributed by atoms with Crippen LogP contribution in [0.25, 0.3) is 10.8 Å². The Morgan fingerprint density at radius 3 is 2.57 bits per heavy atom. The summed E-state index contributed by atoms with van der Waals surface area (Å²) in [7, 11) is 3.47. The van der Waals surface area contributed by atoms with Crippen molar-refractivity contribution in [2.45, 2.75) is 25.9 Å². The van der Waals surface area contributed by atoms with Gasteiger partial charge in [0.25, 0.3) is 0 Å². The minimum Gasteiger partial charge on any atom is -0.497 e. The predicted octanol–water partition coefficient (Wildman–Crippen LogP) is 2.54. The predicted molar refractivity (Wildman–Crippen MR) is 85.2 cm³/mol. The maximum absolute atomic E-state index is 11.9. The number of hydrogen-bond donors (Lipinski definition) is 1. The average molecular weight is 286 g/mol. The standard InChI is InChI=1S/C17H22N2O2/c1-12(18)8-17(20)19(2)11-13-4-5-15-10-16(21-3)7-6-14(15)9-13/h4-7,9-10,12H,8,11,18H2,1-3H3. The van der Waals surface area contributed by atoms with Crippen LogP contribution in [0.3, 0.4) is 0 Å². The third kappa shape index (κ3) is 3.95. The highest BCUT2D eigenvalue weighted by molar-refractivity contribution is 5.84. The second-order valence-corrected chi connectivity index (χ2v) is 5.48. The molecule has 0 aliphatic carbocycles. The van der Waals surface area contributed by atoms with E-state index < -0.39 is 0 Å². The summed E-state index contributed by atoms with van der Waals surface area (Å²) in [5.74, 6) is 0.916. The largest absolute Gasteiger partial charge is 0.497 e. The number of nitrogens with two attached hydrogens (primary N) is 1. The number of hydrogen-bond acceptors (Lipinski definition) is 3. The normalized spacial score (nSPS) is 12.2. The quantitative estimate of drug-likeness (QED) is 0.919. The number of fused-ring (bicyclic) bond motifs is 1. The van der Waals surface area contributed by atoms with E-state index in [1.165, 1.54) is 0 Å². The molecule has 0 aliphatic rings. The van der Waals surface area contributed by atoms with Gasteiger partial charge in [0.05, 0.1) is 7.11 Å². The lowest BCUT2D eigenvalue weighted by Crippen LogP contribution is -2.31. The first kappa shape index (κ1) is 15.3. The third-order valence-corrected chi connectivity index (χ3v) is 3.45. The van der Waals surface area contributed by atoms with Gasteiger partial charge in [0.2, 0.25) is 5.91 Å². The van der Waals surface area contributed by atoms with Crippen molar-refractivity contribution in [3.8, 4) is 5.75 Å². The van der Waals surface area contributed by atoms with Crippen molar-refractivity contribution in [2.75, 3.05) is 14.2 Å². The summed E-state index contributed by atoms with van der Waals surface area (Å²) in [4.78, 5) is 13.7. The highest BCUT2D eigenvalue weighted by Gasteiger charge is 2.11. The molecule has 0 heterocycles. The zero-order valence-corrected chi connectivity index (χ0v) is 12.8. The van der Waals surface area contributed by atoms with Crippen LogP contribution in [0.4, 0.5) is 0 Å². The maximum Gasteiger partial charge on any atom is 0.224 e. The summed E-state index contributed by atoms with van der Waals surface area (Å²) in [5.41, 5.74) is 6.77. The van der Waals surface area contributed by atoms with E-state index in [4.69, 9.17) is 10.5 Å². The summed E-state index contributed by atoms with van der Waals surface area (Å²) in [5, 5.41) is 2.27. The lowest BCUT2D eigenvalue weighted by atomic mass is 10.1. The van der Waals surface area contributed by atoms with Gasteiger partial charge in [-0.1, -0.05) is 18.2 Å². The maximum atomic E-state index is 11.9. The molecule has 4 heteroatoms. The van der Waals surface area contributed by atoms with Crippen LogP contribution >= 0.6 is 0 Å². The van der Waals surface area contributed by atoms with Gasteiger partial charge in [-0.3, -0.25) is 4.79 Å². The molecular formula is C17H22N2O2. The minimum atomic E-state index is -0.107. The first-order valence-corrected chi connectivity index (χ1v) is 7.06. The van der Waals surface area contributed by atoms with E-state index in [1.807, 2.05) is 38.2 Å². The Balaban J connectivity index is 2.14. The van der Waals surface area contributed by atoms with Gasteiger partial charge >= 0.3 is 0 Å².